The van der Waals surface area contributed by atoms with Crippen LogP contribution < -0.4 is 11.1 Å². The van der Waals surface area contributed by atoms with E-state index in [2.05, 4.69) is 17.2 Å². The average Bonchev–Trinajstić information content (AvgIpc) is 2.46. The Labute approximate surface area is 129 Å². The number of benzene rings is 1. The van der Waals surface area contributed by atoms with Gasteiger partial charge in [0.2, 0.25) is 0 Å². The van der Waals surface area contributed by atoms with E-state index in [9.17, 15) is 4.39 Å². The van der Waals surface area contributed by atoms with Crippen LogP contribution in [0.3, 0.4) is 0 Å². The second kappa shape index (κ2) is 6.87. The van der Waals surface area contributed by atoms with E-state index < -0.39 is 0 Å². The molecule has 3 nitrogen and oxygen atoms in total. The van der Waals surface area contributed by atoms with Crippen LogP contribution >= 0.6 is 11.6 Å². The van der Waals surface area contributed by atoms with Gasteiger partial charge < -0.3 is 11.1 Å². The van der Waals surface area contributed by atoms with Crippen LogP contribution in [0.15, 0.2) is 30.5 Å². The molecule has 2 rings (SSSR count). The minimum atomic E-state index is -0.217. The largest absolute Gasteiger partial charge is 0.383 e. The molecule has 0 bridgehead atoms. The molecule has 0 saturated carbocycles. The van der Waals surface area contributed by atoms with Crippen LogP contribution in [0.1, 0.15) is 36.1 Å². The molecule has 1 atom stereocenters. The minimum Gasteiger partial charge on any atom is -0.383 e. The topological polar surface area (TPSA) is 50.9 Å². The fourth-order valence-corrected chi connectivity index (χ4v) is 2.41. The molecule has 2 aromatic rings. The third kappa shape index (κ3) is 3.71. The van der Waals surface area contributed by atoms with Crippen molar-refractivity contribution in [3.8, 4) is 0 Å². The highest BCUT2D eigenvalue weighted by Gasteiger charge is 2.18. The molecular weight excluding hydrogens is 289 g/mol. The van der Waals surface area contributed by atoms with Gasteiger partial charge in [-0.1, -0.05) is 30.7 Å². The van der Waals surface area contributed by atoms with Crippen molar-refractivity contribution in [3.63, 3.8) is 0 Å². The summed E-state index contributed by atoms with van der Waals surface area (Å²) in [5.41, 5.74) is 8.33. The zero-order valence-corrected chi connectivity index (χ0v) is 12.9. The molecule has 0 spiro atoms. The molecule has 112 valence electrons. The summed E-state index contributed by atoms with van der Waals surface area (Å²) in [6, 6.07) is 6.70. The molecule has 0 aliphatic heterocycles. The summed E-state index contributed by atoms with van der Waals surface area (Å²) in [6.45, 7) is 4.64. The monoisotopic (exact) mass is 307 g/mol. The van der Waals surface area contributed by atoms with Gasteiger partial charge in [0.15, 0.2) is 0 Å². The zero-order valence-electron chi connectivity index (χ0n) is 12.2. The van der Waals surface area contributed by atoms with Gasteiger partial charge in [-0.05, 0) is 43.1 Å². The highest BCUT2D eigenvalue weighted by molar-refractivity contribution is 6.30. The predicted octanol–water partition coefficient (Wildman–Crippen LogP) is 3.85. The van der Waals surface area contributed by atoms with Crippen LogP contribution in [-0.4, -0.2) is 11.5 Å². The predicted molar refractivity (Wildman–Crippen MR) is 84.9 cm³/mol. The lowest BCUT2D eigenvalue weighted by Crippen LogP contribution is -2.24. The lowest BCUT2D eigenvalue weighted by atomic mass is 9.97. The van der Waals surface area contributed by atoms with Crippen molar-refractivity contribution in [3.05, 3.63) is 58.0 Å². The molecule has 5 heteroatoms. The molecule has 1 aromatic carbocycles. The van der Waals surface area contributed by atoms with E-state index in [1.54, 1.807) is 19.1 Å². The lowest BCUT2D eigenvalue weighted by Gasteiger charge is -2.21. The van der Waals surface area contributed by atoms with Crippen molar-refractivity contribution in [2.75, 3.05) is 12.3 Å². The summed E-state index contributed by atoms with van der Waals surface area (Å²) in [5.74, 6) is 0.208. The summed E-state index contributed by atoms with van der Waals surface area (Å²) in [6.07, 6.45) is 2.50. The Morgan fingerprint density at radius 3 is 2.81 bits per heavy atom. The smallest absolute Gasteiger partial charge is 0.128 e. The maximum Gasteiger partial charge on any atom is 0.128 e. The number of anilines is 1. The number of nitrogen functional groups attached to an aromatic ring is 1. The third-order valence-electron chi connectivity index (χ3n) is 3.34. The number of nitrogens with one attached hydrogen (secondary N) is 1. The Morgan fingerprint density at radius 2 is 2.14 bits per heavy atom. The van der Waals surface area contributed by atoms with Gasteiger partial charge >= 0.3 is 0 Å². The van der Waals surface area contributed by atoms with Crippen LogP contribution in [0.2, 0.25) is 5.02 Å². The van der Waals surface area contributed by atoms with Gasteiger partial charge in [-0.25, -0.2) is 9.37 Å². The molecule has 0 aliphatic rings. The Balaban J connectivity index is 2.46. The minimum absolute atomic E-state index is 0.157. The second-order valence-electron chi connectivity index (χ2n) is 5.02. The fraction of sp³-hybridized carbons (Fsp3) is 0.312. The number of aryl methyl sites for hydroxylation is 1. The number of hydrogen-bond acceptors (Lipinski definition) is 3. The first-order valence-electron chi connectivity index (χ1n) is 6.93. The molecule has 0 radical (unpaired) electrons. The van der Waals surface area contributed by atoms with Crippen molar-refractivity contribution in [2.24, 2.45) is 0 Å². The Hall–Kier alpha value is -1.65. The van der Waals surface area contributed by atoms with Gasteiger partial charge in [0.1, 0.15) is 11.6 Å². The molecule has 1 heterocycles. The first-order valence-corrected chi connectivity index (χ1v) is 7.31. The standard InChI is InChI=1S/C16H19ClFN3/c1-3-6-20-15(11-4-5-14(18)10(2)7-11)13-8-12(17)9-21-16(13)19/h4-5,7-9,15,20H,3,6H2,1-2H3,(H2,19,21). The van der Waals surface area contributed by atoms with E-state index in [1.807, 2.05) is 6.07 Å². The summed E-state index contributed by atoms with van der Waals surface area (Å²) < 4.78 is 13.5. The summed E-state index contributed by atoms with van der Waals surface area (Å²) in [4.78, 5) is 4.10. The van der Waals surface area contributed by atoms with Gasteiger partial charge in [0, 0.05) is 11.8 Å². The number of nitrogens with zero attached hydrogens (tertiary/aromatic N) is 1. The van der Waals surface area contributed by atoms with E-state index in [1.165, 1.54) is 12.3 Å². The van der Waals surface area contributed by atoms with Gasteiger partial charge in [0.25, 0.3) is 0 Å². The van der Waals surface area contributed by atoms with E-state index >= 15 is 0 Å². The van der Waals surface area contributed by atoms with Crippen molar-refractivity contribution >= 4 is 17.4 Å². The van der Waals surface area contributed by atoms with Gasteiger partial charge in [-0.3, -0.25) is 0 Å². The third-order valence-corrected chi connectivity index (χ3v) is 3.55. The molecule has 1 unspecified atom stereocenters. The first-order chi connectivity index (χ1) is 10.0. The van der Waals surface area contributed by atoms with Crippen LogP contribution in [0.25, 0.3) is 0 Å². The molecule has 3 N–H and O–H groups in total. The summed E-state index contributed by atoms with van der Waals surface area (Å²) in [7, 11) is 0. The summed E-state index contributed by atoms with van der Waals surface area (Å²) >= 11 is 6.03. The normalized spacial score (nSPS) is 12.4. The Bertz CT molecular complexity index is 631. The maximum absolute atomic E-state index is 13.5. The van der Waals surface area contributed by atoms with E-state index in [0.717, 1.165) is 24.1 Å². The van der Waals surface area contributed by atoms with E-state index in [4.69, 9.17) is 17.3 Å². The number of hydrogen-bond donors (Lipinski definition) is 2. The maximum atomic E-state index is 13.5. The Morgan fingerprint density at radius 1 is 1.38 bits per heavy atom. The van der Waals surface area contributed by atoms with Gasteiger partial charge in [-0.15, -0.1) is 0 Å². The van der Waals surface area contributed by atoms with Gasteiger partial charge in [0.05, 0.1) is 11.1 Å². The molecule has 21 heavy (non-hydrogen) atoms. The molecule has 0 fully saturated rings. The number of nitrogens with two attached hydrogens (primary N) is 1. The summed E-state index contributed by atoms with van der Waals surface area (Å²) in [5, 5.41) is 3.94. The van der Waals surface area contributed by atoms with Crippen LogP contribution in [0.5, 0.6) is 0 Å². The number of rotatable bonds is 5. The number of halogens is 2. The number of pyridine rings is 1. The SMILES string of the molecule is CCCNC(c1ccc(F)c(C)c1)c1cc(Cl)cnc1N. The average molecular weight is 308 g/mol. The molecular formula is C16H19ClFN3. The Kier molecular flexibility index (Phi) is 5.15. The highest BCUT2D eigenvalue weighted by atomic mass is 35.5. The lowest BCUT2D eigenvalue weighted by molar-refractivity contribution is 0.590. The first kappa shape index (κ1) is 15.7. The van der Waals surface area contributed by atoms with Crippen LogP contribution in [0.4, 0.5) is 10.2 Å². The van der Waals surface area contributed by atoms with Crippen molar-refractivity contribution < 1.29 is 4.39 Å². The van der Waals surface area contributed by atoms with Crippen LogP contribution in [-0.2, 0) is 0 Å². The van der Waals surface area contributed by atoms with Gasteiger partial charge in [-0.2, -0.15) is 0 Å². The van der Waals surface area contributed by atoms with Crippen molar-refractivity contribution in [1.82, 2.24) is 10.3 Å². The van der Waals surface area contributed by atoms with E-state index in [0.29, 0.717) is 16.4 Å². The zero-order chi connectivity index (χ0) is 15.4. The molecule has 1 aromatic heterocycles. The fourth-order valence-electron chi connectivity index (χ4n) is 2.24. The second-order valence-corrected chi connectivity index (χ2v) is 5.46. The highest BCUT2D eigenvalue weighted by Crippen LogP contribution is 2.28. The van der Waals surface area contributed by atoms with E-state index in [-0.39, 0.29) is 11.9 Å². The van der Waals surface area contributed by atoms with Crippen molar-refractivity contribution in [1.29, 1.82) is 0 Å². The van der Waals surface area contributed by atoms with Crippen LogP contribution in [0, 0.1) is 12.7 Å². The number of aromatic nitrogens is 1. The molecule has 0 saturated heterocycles. The molecule has 0 aliphatic carbocycles. The quantitative estimate of drug-likeness (QED) is 0.882. The van der Waals surface area contributed by atoms with Crippen molar-refractivity contribution in [2.45, 2.75) is 26.3 Å². The molecule has 0 amide bonds.